The second-order valence-electron chi connectivity index (χ2n) is 6.17. The number of benzene rings is 1. The molecule has 1 saturated heterocycles. The smallest absolute Gasteiger partial charge is 0.119 e. The van der Waals surface area contributed by atoms with E-state index in [-0.39, 0.29) is 0 Å². The lowest BCUT2D eigenvalue weighted by molar-refractivity contribution is 0.184. The van der Waals surface area contributed by atoms with Crippen molar-refractivity contribution in [2.24, 2.45) is 0 Å². The predicted molar refractivity (Wildman–Crippen MR) is 82.4 cm³/mol. The zero-order valence-corrected chi connectivity index (χ0v) is 12.8. The average molecular weight is 274 g/mol. The minimum Gasteiger partial charge on any atom is -0.497 e. The minimum atomic E-state index is 0.598. The highest BCUT2D eigenvalue weighted by molar-refractivity contribution is 5.39. The Morgan fingerprint density at radius 2 is 2.00 bits per heavy atom. The normalized spacial score (nSPS) is 25.0. The lowest BCUT2D eigenvalue weighted by Crippen LogP contribution is -2.34. The summed E-state index contributed by atoms with van der Waals surface area (Å²) in [6.45, 7) is 4.84. The van der Waals surface area contributed by atoms with Gasteiger partial charge in [-0.1, -0.05) is 6.07 Å². The molecule has 1 aliphatic heterocycles. The Labute approximate surface area is 122 Å². The highest BCUT2D eigenvalue weighted by atomic mass is 16.5. The van der Waals surface area contributed by atoms with E-state index >= 15 is 0 Å². The Hall–Kier alpha value is -1.06. The van der Waals surface area contributed by atoms with Gasteiger partial charge in [0, 0.05) is 25.7 Å². The van der Waals surface area contributed by atoms with Crippen molar-refractivity contribution in [3.63, 3.8) is 0 Å². The van der Waals surface area contributed by atoms with Crippen LogP contribution in [0.15, 0.2) is 18.2 Å². The quantitative estimate of drug-likeness (QED) is 0.824. The first-order chi connectivity index (χ1) is 9.78. The second kappa shape index (κ2) is 6.15. The van der Waals surface area contributed by atoms with E-state index in [1.807, 2.05) is 0 Å². The average Bonchev–Trinajstić information content (AvgIpc) is 2.71. The van der Waals surface area contributed by atoms with Crippen LogP contribution in [0.4, 0.5) is 0 Å². The molecule has 2 aliphatic rings. The van der Waals surface area contributed by atoms with Crippen LogP contribution in [0.3, 0.4) is 0 Å². The molecule has 0 bridgehead atoms. The summed E-state index contributed by atoms with van der Waals surface area (Å²) in [5.41, 5.74) is 3.04. The number of likely N-dealkylation sites (N-methyl/N-ethyl adjacent to an activating group) is 1. The Morgan fingerprint density at radius 1 is 1.10 bits per heavy atom. The Kier molecular flexibility index (Phi) is 4.27. The van der Waals surface area contributed by atoms with Gasteiger partial charge in [-0.3, -0.25) is 4.90 Å². The third kappa shape index (κ3) is 2.84. The summed E-state index contributed by atoms with van der Waals surface area (Å²) in [6, 6.07) is 7.25. The van der Waals surface area contributed by atoms with E-state index in [9.17, 15) is 0 Å². The predicted octanol–water partition coefficient (Wildman–Crippen LogP) is 2.71. The van der Waals surface area contributed by atoms with Crippen molar-refractivity contribution < 1.29 is 4.74 Å². The van der Waals surface area contributed by atoms with E-state index in [0.29, 0.717) is 6.04 Å². The van der Waals surface area contributed by atoms with Crippen molar-refractivity contribution in [3.05, 3.63) is 29.3 Å². The molecule has 110 valence electrons. The van der Waals surface area contributed by atoms with Crippen molar-refractivity contribution in [2.75, 3.05) is 40.3 Å². The Balaban J connectivity index is 1.84. The van der Waals surface area contributed by atoms with Crippen LogP contribution < -0.4 is 4.74 Å². The van der Waals surface area contributed by atoms with Crippen LogP contribution in [-0.2, 0) is 6.42 Å². The van der Waals surface area contributed by atoms with Crippen LogP contribution in [0.1, 0.15) is 36.4 Å². The summed E-state index contributed by atoms with van der Waals surface area (Å²) in [5.74, 6) is 1.00. The molecule has 0 radical (unpaired) electrons. The van der Waals surface area contributed by atoms with Gasteiger partial charge in [0.25, 0.3) is 0 Å². The molecule has 0 saturated carbocycles. The molecule has 20 heavy (non-hydrogen) atoms. The van der Waals surface area contributed by atoms with Crippen LogP contribution in [0.2, 0.25) is 0 Å². The highest BCUT2D eigenvalue weighted by Crippen LogP contribution is 2.36. The fraction of sp³-hybridized carbons (Fsp3) is 0.647. The van der Waals surface area contributed by atoms with Gasteiger partial charge in [-0.2, -0.15) is 0 Å². The maximum absolute atomic E-state index is 5.43. The largest absolute Gasteiger partial charge is 0.497 e. The second-order valence-corrected chi connectivity index (χ2v) is 6.17. The molecule has 1 aliphatic carbocycles. The van der Waals surface area contributed by atoms with Gasteiger partial charge in [-0.05, 0) is 62.5 Å². The molecular formula is C17H26N2O. The molecule has 1 aromatic carbocycles. The number of hydrogen-bond acceptors (Lipinski definition) is 3. The lowest BCUT2D eigenvalue weighted by Gasteiger charge is -2.35. The van der Waals surface area contributed by atoms with Gasteiger partial charge in [0.1, 0.15) is 5.75 Å². The van der Waals surface area contributed by atoms with Crippen LogP contribution in [-0.4, -0.2) is 50.1 Å². The maximum Gasteiger partial charge on any atom is 0.119 e. The summed E-state index contributed by atoms with van der Waals surface area (Å²) in [6.07, 6.45) is 5.12. The zero-order chi connectivity index (χ0) is 13.9. The third-order valence-corrected chi connectivity index (χ3v) is 4.83. The standard InChI is InChI=1S/C17H26N2O/c1-18-9-4-10-19(12-11-18)17-6-3-5-14-7-8-15(20-2)13-16(14)17/h7-8,13,17H,3-6,9-12H2,1-2H3. The van der Waals surface area contributed by atoms with Crippen LogP contribution in [0.5, 0.6) is 5.75 Å². The molecule has 3 rings (SSSR count). The molecule has 0 N–H and O–H groups in total. The van der Waals surface area contributed by atoms with E-state index < -0.39 is 0 Å². The topological polar surface area (TPSA) is 15.7 Å². The highest BCUT2D eigenvalue weighted by Gasteiger charge is 2.27. The first kappa shape index (κ1) is 13.9. The molecule has 1 unspecified atom stereocenters. The number of fused-ring (bicyclic) bond motifs is 1. The SMILES string of the molecule is COc1ccc2c(c1)C(N1CCCN(C)CC1)CCC2. The van der Waals surface area contributed by atoms with Gasteiger partial charge in [0.2, 0.25) is 0 Å². The first-order valence-corrected chi connectivity index (χ1v) is 7.87. The number of methoxy groups -OCH3 is 1. The third-order valence-electron chi connectivity index (χ3n) is 4.83. The summed E-state index contributed by atoms with van der Waals surface area (Å²) in [7, 11) is 4.00. The van der Waals surface area contributed by atoms with E-state index in [4.69, 9.17) is 4.74 Å². The van der Waals surface area contributed by atoms with Gasteiger partial charge in [0.15, 0.2) is 0 Å². The lowest BCUT2D eigenvalue weighted by atomic mass is 9.86. The summed E-state index contributed by atoms with van der Waals surface area (Å²) >= 11 is 0. The number of ether oxygens (including phenoxy) is 1. The fourth-order valence-electron chi connectivity index (χ4n) is 3.64. The summed E-state index contributed by atoms with van der Waals surface area (Å²) in [4.78, 5) is 5.15. The van der Waals surface area contributed by atoms with E-state index in [2.05, 4.69) is 35.0 Å². The molecule has 0 spiro atoms. The van der Waals surface area contributed by atoms with Gasteiger partial charge in [-0.25, -0.2) is 0 Å². The van der Waals surface area contributed by atoms with Crippen LogP contribution in [0, 0.1) is 0 Å². The van der Waals surface area contributed by atoms with Gasteiger partial charge >= 0.3 is 0 Å². The maximum atomic E-state index is 5.43. The number of nitrogens with zero attached hydrogens (tertiary/aromatic N) is 2. The molecule has 0 amide bonds. The van der Waals surface area contributed by atoms with Gasteiger partial charge in [-0.15, -0.1) is 0 Å². The van der Waals surface area contributed by atoms with Crippen molar-refractivity contribution in [3.8, 4) is 5.75 Å². The molecular weight excluding hydrogens is 248 g/mol. The molecule has 1 fully saturated rings. The molecule has 1 heterocycles. The van der Waals surface area contributed by atoms with E-state index in [0.717, 1.165) is 5.75 Å². The number of hydrogen-bond donors (Lipinski definition) is 0. The van der Waals surface area contributed by atoms with Crippen molar-refractivity contribution in [2.45, 2.75) is 31.7 Å². The fourth-order valence-corrected chi connectivity index (χ4v) is 3.64. The molecule has 1 atom stereocenters. The van der Waals surface area contributed by atoms with Crippen LogP contribution >= 0.6 is 0 Å². The summed E-state index contributed by atoms with van der Waals surface area (Å²) < 4.78 is 5.43. The Bertz CT molecular complexity index is 460. The number of rotatable bonds is 2. The monoisotopic (exact) mass is 274 g/mol. The number of aryl methyl sites for hydroxylation is 1. The Morgan fingerprint density at radius 3 is 2.85 bits per heavy atom. The minimum absolute atomic E-state index is 0.598. The van der Waals surface area contributed by atoms with Gasteiger partial charge in [0.05, 0.1) is 7.11 Å². The summed E-state index contributed by atoms with van der Waals surface area (Å²) in [5, 5.41) is 0. The molecule has 3 heteroatoms. The van der Waals surface area contributed by atoms with Crippen molar-refractivity contribution >= 4 is 0 Å². The first-order valence-electron chi connectivity index (χ1n) is 7.87. The van der Waals surface area contributed by atoms with Crippen LogP contribution in [0.25, 0.3) is 0 Å². The van der Waals surface area contributed by atoms with Crippen molar-refractivity contribution in [1.82, 2.24) is 9.80 Å². The molecule has 1 aromatic rings. The van der Waals surface area contributed by atoms with Crippen molar-refractivity contribution in [1.29, 1.82) is 0 Å². The molecule has 0 aromatic heterocycles. The molecule has 3 nitrogen and oxygen atoms in total. The van der Waals surface area contributed by atoms with E-state index in [1.165, 1.54) is 63.0 Å². The van der Waals surface area contributed by atoms with Gasteiger partial charge < -0.3 is 9.64 Å². The zero-order valence-electron chi connectivity index (χ0n) is 12.8. The van der Waals surface area contributed by atoms with E-state index in [1.54, 1.807) is 7.11 Å².